The number of fused-ring (bicyclic) bond motifs is 1. The zero-order valence-electron chi connectivity index (χ0n) is 13.9. The Bertz CT molecular complexity index is 979. The molecule has 0 saturated carbocycles. The largest absolute Gasteiger partial charge is 0.426 e. The molecule has 1 heterocycles. The number of carbonyl (C=O) groups excluding carboxylic acids is 2. The summed E-state index contributed by atoms with van der Waals surface area (Å²) in [6.45, 7) is 0.336. The minimum Gasteiger partial charge on any atom is -0.426 e. The third kappa shape index (κ3) is 3.22. The van der Waals surface area contributed by atoms with Gasteiger partial charge in [0.1, 0.15) is 5.75 Å². The third-order valence-electron chi connectivity index (χ3n) is 4.55. The Labute approximate surface area is 159 Å². The summed E-state index contributed by atoms with van der Waals surface area (Å²) in [5.41, 5.74) is 0.840. The maximum Gasteiger partial charge on any atom is 0.316 e. The standard InChI is InChI=1S/C21H16BrNO3/c22-16-8-10-17(11-9-16)26-21(25)15-12-20(24)23(13-15)19-7-3-5-14-4-1-2-6-18(14)19/h1-11,15H,12-13H2/t15-/m1/s1. The lowest BCUT2D eigenvalue weighted by atomic mass is 10.1. The van der Waals surface area contributed by atoms with Gasteiger partial charge in [-0.25, -0.2) is 0 Å². The van der Waals surface area contributed by atoms with Crippen molar-refractivity contribution in [1.82, 2.24) is 0 Å². The van der Waals surface area contributed by atoms with E-state index in [1.54, 1.807) is 17.0 Å². The predicted molar refractivity (Wildman–Crippen MR) is 104 cm³/mol. The summed E-state index contributed by atoms with van der Waals surface area (Å²) >= 11 is 3.35. The van der Waals surface area contributed by atoms with Crippen molar-refractivity contribution in [3.8, 4) is 5.75 Å². The molecule has 5 heteroatoms. The van der Waals surface area contributed by atoms with Gasteiger partial charge in [-0.1, -0.05) is 52.3 Å². The van der Waals surface area contributed by atoms with Crippen LogP contribution in [0.1, 0.15) is 6.42 Å². The lowest BCUT2D eigenvalue weighted by Crippen LogP contribution is -2.27. The van der Waals surface area contributed by atoms with Gasteiger partial charge in [-0.2, -0.15) is 0 Å². The quantitative estimate of drug-likeness (QED) is 0.470. The average Bonchev–Trinajstić information content (AvgIpc) is 3.05. The van der Waals surface area contributed by atoms with E-state index in [1.165, 1.54) is 0 Å². The predicted octanol–water partition coefficient (Wildman–Crippen LogP) is 4.56. The Hall–Kier alpha value is -2.66. The third-order valence-corrected chi connectivity index (χ3v) is 5.08. The molecule has 1 atom stereocenters. The van der Waals surface area contributed by atoms with E-state index in [4.69, 9.17) is 4.74 Å². The fourth-order valence-corrected chi connectivity index (χ4v) is 3.51. The van der Waals surface area contributed by atoms with E-state index in [0.717, 1.165) is 20.9 Å². The van der Waals surface area contributed by atoms with E-state index in [2.05, 4.69) is 15.9 Å². The second-order valence-corrected chi connectivity index (χ2v) is 7.19. The summed E-state index contributed by atoms with van der Waals surface area (Å²) in [4.78, 5) is 26.7. The number of hydrogen-bond donors (Lipinski definition) is 0. The van der Waals surface area contributed by atoms with Gasteiger partial charge in [-0.3, -0.25) is 9.59 Å². The van der Waals surface area contributed by atoms with Crippen LogP contribution in [-0.4, -0.2) is 18.4 Å². The highest BCUT2D eigenvalue weighted by Crippen LogP contribution is 2.32. The van der Waals surface area contributed by atoms with Gasteiger partial charge in [-0.05, 0) is 35.7 Å². The van der Waals surface area contributed by atoms with Crippen molar-refractivity contribution in [2.75, 3.05) is 11.4 Å². The monoisotopic (exact) mass is 409 g/mol. The number of nitrogens with zero attached hydrogens (tertiary/aromatic N) is 1. The fraction of sp³-hybridized carbons (Fsp3) is 0.143. The summed E-state index contributed by atoms with van der Waals surface area (Å²) in [7, 11) is 0. The van der Waals surface area contributed by atoms with Crippen molar-refractivity contribution in [2.45, 2.75) is 6.42 Å². The molecule has 1 aliphatic rings. The topological polar surface area (TPSA) is 46.6 Å². The molecule has 4 nitrogen and oxygen atoms in total. The summed E-state index contributed by atoms with van der Waals surface area (Å²) in [6.07, 6.45) is 0.165. The molecule has 1 aliphatic heterocycles. The number of anilines is 1. The van der Waals surface area contributed by atoms with Crippen LogP contribution < -0.4 is 9.64 Å². The molecular formula is C21H16BrNO3. The van der Waals surface area contributed by atoms with Crippen molar-refractivity contribution in [1.29, 1.82) is 0 Å². The van der Waals surface area contributed by atoms with E-state index in [9.17, 15) is 9.59 Å². The summed E-state index contributed by atoms with van der Waals surface area (Å²) in [6, 6.07) is 20.9. The van der Waals surface area contributed by atoms with Gasteiger partial charge < -0.3 is 9.64 Å². The molecule has 0 unspecified atom stereocenters. The van der Waals surface area contributed by atoms with Gasteiger partial charge in [0, 0.05) is 22.8 Å². The Morgan fingerprint density at radius 3 is 2.54 bits per heavy atom. The van der Waals surface area contributed by atoms with E-state index < -0.39 is 5.92 Å². The van der Waals surface area contributed by atoms with Crippen molar-refractivity contribution in [3.05, 3.63) is 71.2 Å². The van der Waals surface area contributed by atoms with Crippen molar-refractivity contribution >= 4 is 44.3 Å². The maximum atomic E-state index is 12.5. The van der Waals surface area contributed by atoms with E-state index in [0.29, 0.717) is 12.3 Å². The fourth-order valence-electron chi connectivity index (χ4n) is 3.24. The maximum absolute atomic E-state index is 12.5. The van der Waals surface area contributed by atoms with Crippen LogP contribution in [0.15, 0.2) is 71.2 Å². The average molecular weight is 410 g/mol. The number of benzene rings is 3. The Balaban J connectivity index is 1.55. The van der Waals surface area contributed by atoms with Crippen LogP contribution in [0, 0.1) is 5.92 Å². The van der Waals surface area contributed by atoms with Crippen LogP contribution >= 0.6 is 15.9 Å². The summed E-state index contributed by atoms with van der Waals surface area (Å²) in [5, 5.41) is 2.07. The van der Waals surface area contributed by atoms with E-state index in [1.807, 2.05) is 54.6 Å². The van der Waals surface area contributed by atoms with Gasteiger partial charge in [0.25, 0.3) is 0 Å². The first-order valence-electron chi connectivity index (χ1n) is 8.37. The Morgan fingerprint density at radius 2 is 1.73 bits per heavy atom. The normalized spacial score (nSPS) is 16.9. The minimum atomic E-state index is -0.467. The van der Waals surface area contributed by atoms with Gasteiger partial charge in [0.15, 0.2) is 0 Å². The van der Waals surface area contributed by atoms with Crippen molar-refractivity contribution in [3.63, 3.8) is 0 Å². The molecular weight excluding hydrogens is 394 g/mol. The molecule has 1 fully saturated rings. The van der Waals surface area contributed by atoms with Crippen LogP contribution in [0.5, 0.6) is 5.75 Å². The first-order valence-corrected chi connectivity index (χ1v) is 9.16. The molecule has 26 heavy (non-hydrogen) atoms. The van der Waals surface area contributed by atoms with E-state index in [-0.39, 0.29) is 18.3 Å². The number of hydrogen-bond acceptors (Lipinski definition) is 3. The first-order chi connectivity index (χ1) is 12.6. The van der Waals surface area contributed by atoms with Gasteiger partial charge in [0.05, 0.1) is 11.6 Å². The van der Waals surface area contributed by atoms with Crippen LogP contribution in [-0.2, 0) is 9.59 Å². The molecule has 130 valence electrons. The molecule has 3 aromatic carbocycles. The highest BCUT2D eigenvalue weighted by Gasteiger charge is 2.36. The van der Waals surface area contributed by atoms with Crippen molar-refractivity contribution < 1.29 is 14.3 Å². The highest BCUT2D eigenvalue weighted by molar-refractivity contribution is 9.10. The molecule has 0 spiro atoms. The smallest absolute Gasteiger partial charge is 0.316 e. The lowest BCUT2D eigenvalue weighted by molar-refractivity contribution is -0.139. The number of halogens is 1. The highest BCUT2D eigenvalue weighted by atomic mass is 79.9. The zero-order chi connectivity index (χ0) is 18.1. The molecule has 3 aromatic rings. The minimum absolute atomic E-state index is 0.0564. The summed E-state index contributed by atoms with van der Waals surface area (Å²) < 4.78 is 6.35. The molecule has 0 N–H and O–H groups in total. The van der Waals surface area contributed by atoms with Gasteiger partial charge in [-0.15, -0.1) is 0 Å². The van der Waals surface area contributed by atoms with Crippen LogP contribution in [0.2, 0.25) is 0 Å². The second kappa shape index (κ2) is 6.92. The second-order valence-electron chi connectivity index (χ2n) is 6.28. The molecule has 4 rings (SSSR count). The van der Waals surface area contributed by atoms with Gasteiger partial charge >= 0.3 is 5.97 Å². The lowest BCUT2D eigenvalue weighted by Gasteiger charge is -2.18. The first kappa shape index (κ1) is 16.8. The van der Waals surface area contributed by atoms with E-state index >= 15 is 0 Å². The number of carbonyl (C=O) groups is 2. The molecule has 1 saturated heterocycles. The Kier molecular flexibility index (Phi) is 4.47. The van der Waals surface area contributed by atoms with Crippen molar-refractivity contribution in [2.24, 2.45) is 5.92 Å². The van der Waals surface area contributed by atoms with Crippen LogP contribution in [0.3, 0.4) is 0 Å². The molecule has 0 aromatic heterocycles. The number of esters is 1. The molecule has 1 amide bonds. The number of amides is 1. The molecule has 0 bridgehead atoms. The molecule has 0 aliphatic carbocycles. The number of rotatable bonds is 3. The SMILES string of the molecule is O=C(Oc1ccc(Br)cc1)[C@@H]1CC(=O)N(c2cccc3ccccc23)C1. The zero-order valence-corrected chi connectivity index (χ0v) is 15.5. The van der Waals surface area contributed by atoms with Crippen LogP contribution in [0.4, 0.5) is 5.69 Å². The van der Waals surface area contributed by atoms with Gasteiger partial charge in [0.2, 0.25) is 5.91 Å². The Morgan fingerprint density at radius 1 is 1.00 bits per heavy atom. The van der Waals surface area contributed by atoms with Crippen LogP contribution in [0.25, 0.3) is 10.8 Å². The number of ether oxygens (including phenoxy) is 1. The summed E-state index contributed by atoms with van der Waals surface area (Å²) in [5.74, 6) is -0.415. The molecule has 0 radical (unpaired) electrons.